The molecule has 1 aromatic heterocycles. The number of aliphatic carboxylic acids is 1. The number of unbranched alkanes of at least 4 members (excludes halogenated alkanes) is 2. The molecular weight excluding hydrogens is 330 g/mol. The Morgan fingerprint density at radius 1 is 1.04 bits per heavy atom. The molecule has 0 radical (unpaired) electrons. The molecular formula is C21H25NO4. The average molecular weight is 355 g/mol. The van der Waals surface area contributed by atoms with Crippen LogP contribution in [-0.2, 0) is 14.4 Å². The number of carboxylic acids is 1. The number of ketones is 2. The summed E-state index contributed by atoms with van der Waals surface area (Å²) in [4.78, 5) is 40.3. The zero-order chi connectivity index (χ0) is 19.3. The highest BCUT2D eigenvalue weighted by molar-refractivity contribution is 6.25. The minimum absolute atomic E-state index is 0.0704. The van der Waals surface area contributed by atoms with Crippen molar-refractivity contribution in [2.24, 2.45) is 0 Å². The maximum atomic E-state index is 12.9. The van der Waals surface area contributed by atoms with E-state index in [0.29, 0.717) is 35.1 Å². The molecule has 1 aliphatic carbocycles. The number of rotatable bonds is 8. The molecule has 2 rings (SSSR count). The molecule has 0 saturated heterocycles. The van der Waals surface area contributed by atoms with Crippen LogP contribution in [-0.4, -0.2) is 27.6 Å². The summed E-state index contributed by atoms with van der Waals surface area (Å²) in [6.07, 6.45) is 6.41. The van der Waals surface area contributed by atoms with Gasteiger partial charge in [-0.25, -0.2) is 0 Å². The van der Waals surface area contributed by atoms with E-state index in [0.717, 1.165) is 18.4 Å². The quantitative estimate of drug-likeness (QED) is 0.563. The van der Waals surface area contributed by atoms with Crippen molar-refractivity contribution in [2.75, 3.05) is 0 Å². The van der Waals surface area contributed by atoms with Crippen LogP contribution in [0.1, 0.15) is 64.4 Å². The third-order valence-electron chi connectivity index (χ3n) is 5.05. The number of aromatic nitrogens is 1. The fourth-order valence-corrected chi connectivity index (χ4v) is 3.40. The second-order valence-corrected chi connectivity index (χ2v) is 6.78. The first kappa shape index (κ1) is 19.8. The van der Waals surface area contributed by atoms with Crippen LogP contribution < -0.4 is 0 Å². The Labute approximate surface area is 153 Å². The van der Waals surface area contributed by atoms with Crippen LogP contribution in [0.5, 0.6) is 0 Å². The Morgan fingerprint density at radius 3 is 2.35 bits per heavy atom. The van der Waals surface area contributed by atoms with Gasteiger partial charge in [0, 0.05) is 47.0 Å². The van der Waals surface area contributed by atoms with Crippen LogP contribution in [0.25, 0.3) is 0 Å². The van der Waals surface area contributed by atoms with Crippen molar-refractivity contribution in [3.05, 3.63) is 52.4 Å². The Balaban J connectivity index is 2.28. The molecule has 0 saturated carbocycles. The van der Waals surface area contributed by atoms with Crippen LogP contribution >= 0.6 is 0 Å². The third kappa shape index (κ3) is 4.34. The second kappa shape index (κ2) is 8.70. The SMILES string of the molecule is CC1=C(C)C(=O)C(C(CCCCCC(=O)O)c2cccnc2)=C(C)C1=O. The molecule has 138 valence electrons. The molecule has 0 spiro atoms. The van der Waals surface area contributed by atoms with Crippen molar-refractivity contribution < 1.29 is 19.5 Å². The minimum Gasteiger partial charge on any atom is -0.481 e. The topological polar surface area (TPSA) is 84.3 Å². The Kier molecular flexibility index (Phi) is 6.61. The molecule has 0 bridgehead atoms. The minimum atomic E-state index is -0.795. The number of hydrogen-bond acceptors (Lipinski definition) is 4. The second-order valence-electron chi connectivity index (χ2n) is 6.78. The van der Waals surface area contributed by atoms with Crippen molar-refractivity contribution in [3.63, 3.8) is 0 Å². The van der Waals surface area contributed by atoms with Gasteiger partial charge < -0.3 is 5.11 Å². The van der Waals surface area contributed by atoms with Crippen LogP contribution in [0.4, 0.5) is 0 Å². The molecule has 1 unspecified atom stereocenters. The van der Waals surface area contributed by atoms with Gasteiger partial charge in [0.25, 0.3) is 0 Å². The molecule has 5 nitrogen and oxygen atoms in total. The summed E-state index contributed by atoms with van der Waals surface area (Å²) in [5.74, 6) is -1.14. The summed E-state index contributed by atoms with van der Waals surface area (Å²) in [6.45, 7) is 5.12. The highest BCUT2D eigenvalue weighted by atomic mass is 16.4. The van der Waals surface area contributed by atoms with Gasteiger partial charge in [-0.1, -0.05) is 18.9 Å². The monoisotopic (exact) mass is 355 g/mol. The summed E-state index contributed by atoms with van der Waals surface area (Å²) >= 11 is 0. The predicted molar refractivity (Wildman–Crippen MR) is 98.8 cm³/mol. The Morgan fingerprint density at radius 2 is 1.73 bits per heavy atom. The van der Waals surface area contributed by atoms with Crippen molar-refractivity contribution in [1.29, 1.82) is 0 Å². The number of hydrogen-bond donors (Lipinski definition) is 1. The summed E-state index contributed by atoms with van der Waals surface area (Å²) in [5.41, 5.74) is 3.01. The van der Waals surface area contributed by atoms with E-state index >= 15 is 0 Å². The molecule has 1 atom stereocenters. The van der Waals surface area contributed by atoms with Gasteiger partial charge >= 0.3 is 5.97 Å². The van der Waals surface area contributed by atoms with Gasteiger partial charge in [0.1, 0.15) is 0 Å². The van der Waals surface area contributed by atoms with Gasteiger partial charge in [0.15, 0.2) is 11.6 Å². The lowest BCUT2D eigenvalue weighted by atomic mass is 9.76. The molecule has 1 N–H and O–H groups in total. The predicted octanol–water partition coefficient (Wildman–Crippen LogP) is 4.01. The molecule has 0 fully saturated rings. The zero-order valence-electron chi connectivity index (χ0n) is 15.5. The van der Waals surface area contributed by atoms with Gasteiger partial charge in [0.2, 0.25) is 0 Å². The zero-order valence-corrected chi connectivity index (χ0v) is 15.5. The molecule has 5 heteroatoms. The van der Waals surface area contributed by atoms with E-state index in [1.807, 2.05) is 12.1 Å². The molecule has 0 amide bonds. The highest BCUT2D eigenvalue weighted by Crippen LogP contribution is 2.37. The van der Waals surface area contributed by atoms with Crippen LogP contribution in [0, 0.1) is 0 Å². The maximum Gasteiger partial charge on any atom is 0.303 e. The van der Waals surface area contributed by atoms with E-state index in [1.54, 1.807) is 33.2 Å². The Hall–Kier alpha value is -2.56. The third-order valence-corrected chi connectivity index (χ3v) is 5.05. The van der Waals surface area contributed by atoms with E-state index < -0.39 is 5.97 Å². The molecule has 1 aliphatic rings. The van der Waals surface area contributed by atoms with Crippen molar-refractivity contribution in [3.8, 4) is 0 Å². The standard InChI is InChI=1S/C21H25NO4/c1-13-14(2)21(26)19(15(3)20(13)25)17(16-8-7-11-22-12-16)9-5-4-6-10-18(23)24/h7-8,11-12,17H,4-6,9-10H2,1-3H3,(H,23,24). The van der Waals surface area contributed by atoms with E-state index in [2.05, 4.69) is 4.98 Å². The van der Waals surface area contributed by atoms with E-state index in [1.165, 1.54) is 0 Å². The lowest BCUT2D eigenvalue weighted by Crippen LogP contribution is -2.24. The molecule has 0 aliphatic heterocycles. The fourth-order valence-electron chi connectivity index (χ4n) is 3.40. The number of pyridine rings is 1. The van der Waals surface area contributed by atoms with Crippen LogP contribution in [0.3, 0.4) is 0 Å². The lowest BCUT2D eigenvalue weighted by molar-refractivity contribution is -0.137. The van der Waals surface area contributed by atoms with Gasteiger partial charge in [-0.3, -0.25) is 19.4 Å². The van der Waals surface area contributed by atoms with Crippen molar-refractivity contribution in [2.45, 2.75) is 58.8 Å². The maximum absolute atomic E-state index is 12.9. The average Bonchev–Trinajstić information content (AvgIpc) is 2.63. The number of allylic oxidation sites excluding steroid dienone is 4. The molecule has 1 heterocycles. The summed E-state index contributed by atoms with van der Waals surface area (Å²) < 4.78 is 0. The number of carboxylic acid groups (broad SMARTS) is 1. The van der Waals surface area contributed by atoms with Crippen molar-refractivity contribution >= 4 is 17.5 Å². The van der Waals surface area contributed by atoms with E-state index in [4.69, 9.17) is 5.11 Å². The molecule has 1 aromatic rings. The van der Waals surface area contributed by atoms with E-state index in [9.17, 15) is 14.4 Å². The van der Waals surface area contributed by atoms with Gasteiger partial charge in [-0.15, -0.1) is 0 Å². The smallest absolute Gasteiger partial charge is 0.303 e. The van der Waals surface area contributed by atoms with Gasteiger partial charge in [0.05, 0.1) is 0 Å². The summed E-state index contributed by atoms with van der Waals surface area (Å²) in [5, 5.41) is 8.75. The van der Waals surface area contributed by atoms with Gasteiger partial charge in [-0.2, -0.15) is 0 Å². The van der Waals surface area contributed by atoms with Crippen LogP contribution in [0.15, 0.2) is 46.8 Å². The lowest BCUT2D eigenvalue weighted by Gasteiger charge is -2.26. The van der Waals surface area contributed by atoms with Crippen LogP contribution in [0.2, 0.25) is 0 Å². The normalized spacial score (nSPS) is 16.3. The number of carbonyl (C=O) groups excluding carboxylic acids is 2. The summed E-state index contributed by atoms with van der Waals surface area (Å²) in [6, 6.07) is 3.75. The molecule has 26 heavy (non-hydrogen) atoms. The first-order valence-electron chi connectivity index (χ1n) is 8.94. The number of nitrogens with zero attached hydrogens (tertiary/aromatic N) is 1. The number of Topliss-reactive ketones (excluding diaryl/α,β-unsaturated/α-hetero) is 2. The largest absolute Gasteiger partial charge is 0.481 e. The first-order valence-corrected chi connectivity index (χ1v) is 8.94. The summed E-state index contributed by atoms with van der Waals surface area (Å²) in [7, 11) is 0. The highest BCUT2D eigenvalue weighted by Gasteiger charge is 2.33. The first-order chi connectivity index (χ1) is 12.3. The van der Waals surface area contributed by atoms with E-state index in [-0.39, 0.29) is 23.9 Å². The number of carbonyl (C=O) groups is 3. The molecule has 0 aromatic carbocycles. The van der Waals surface area contributed by atoms with Crippen molar-refractivity contribution in [1.82, 2.24) is 4.98 Å². The van der Waals surface area contributed by atoms with Gasteiger partial charge in [-0.05, 0) is 45.2 Å². The Bertz CT molecular complexity index is 774. The fraction of sp³-hybridized carbons (Fsp3) is 0.429.